The van der Waals surface area contributed by atoms with Crippen molar-refractivity contribution in [1.82, 2.24) is 15.6 Å². The first-order valence-electron chi connectivity index (χ1n) is 8.27. The van der Waals surface area contributed by atoms with E-state index >= 15 is 0 Å². The molecule has 2 aromatic rings. The minimum absolute atomic E-state index is 0. The topological polar surface area (TPSA) is 58.5 Å². The van der Waals surface area contributed by atoms with E-state index in [2.05, 4.69) is 39.0 Å². The van der Waals surface area contributed by atoms with Gasteiger partial charge in [-0.25, -0.2) is 9.98 Å². The van der Waals surface area contributed by atoms with Gasteiger partial charge in [-0.1, -0.05) is 12.1 Å². The van der Waals surface area contributed by atoms with Crippen LogP contribution >= 0.6 is 35.3 Å². The SMILES string of the molecule is CCNC(=NCc1cccc(OC)c1)NCCCc1nc(C)cs1.I. The Bertz CT molecular complexity index is 660. The second kappa shape index (κ2) is 12.1. The number of benzene rings is 1. The van der Waals surface area contributed by atoms with Crippen LogP contribution in [0.25, 0.3) is 0 Å². The Morgan fingerprint density at radius 2 is 2.16 bits per heavy atom. The number of nitrogens with zero attached hydrogens (tertiary/aromatic N) is 2. The molecule has 7 heteroatoms. The first-order chi connectivity index (χ1) is 11.7. The number of halogens is 1. The van der Waals surface area contributed by atoms with Gasteiger partial charge in [0.05, 0.1) is 18.7 Å². The highest BCUT2D eigenvalue weighted by molar-refractivity contribution is 14.0. The number of thiazole rings is 1. The van der Waals surface area contributed by atoms with Crippen LogP contribution in [-0.4, -0.2) is 31.1 Å². The van der Waals surface area contributed by atoms with Gasteiger partial charge in [-0.2, -0.15) is 0 Å². The normalized spacial score (nSPS) is 10.9. The van der Waals surface area contributed by atoms with Crippen LogP contribution < -0.4 is 15.4 Å². The van der Waals surface area contributed by atoms with Gasteiger partial charge in [0.15, 0.2) is 5.96 Å². The lowest BCUT2D eigenvalue weighted by atomic mass is 10.2. The zero-order valence-electron chi connectivity index (χ0n) is 15.0. The fourth-order valence-corrected chi connectivity index (χ4v) is 3.07. The van der Waals surface area contributed by atoms with Gasteiger partial charge in [-0.05, 0) is 38.0 Å². The molecule has 0 atom stereocenters. The molecule has 1 aromatic carbocycles. The molecular weight excluding hydrogens is 447 g/mol. The molecule has 0 spiro atoms. The number of aliphatic imine (C=N–C) groups is 1. The number of aryl methyl sites for hydroxylation is 2. The highest BCUT2D eigenvalue weighted by Crippen LogP contribution is 2.13. The van der Waals surface area contributed by atoms with Crippen LogP contribution in [0.1, 0.15) is 29.6 Å². The van der Waals surface area contributed by atoms with Crippen molar-refractivity contribution in [2.45, 2.75) is 33.2 Å². The summed E-state index contributed by atoms with van der Waals surface area (Å²) >= 11 is 1.73. The van der Waals surface area contributed by atoms with Gasteiger partial charge in [0, 0.05) is 30.6 Å². The number of hydrogen-bond acceptors (Lipinski definition) is 4. The van der Waals surface area contributed by atoms with Crippen LogP contribution in [0.4, 0.5) is 0 Å². The lowest BCUT2D eigenvalue weighted by Gasteiger charge is -2.11. The van der Waals surface area contributed by atoms with Crippen molar-refractivity contribution in [1.29, 1.82) is 0 Å². The van der Waals surface area contributed by atoms with Crippen molar-refractivity contribution in [3.05, 3.63) is 45.9 Å². The molecule has 0 aliphatic carbocycles. The molecule has 138 valence electrons. The summed E-state index contributed by atoms with van der Waals surface area (Å²) in [5, 5.41) is 9.96. The first-order valence-corrected chi connectivity index (χ1v) is 9.15. The van der Waals surface area contributed by atoms with Gasteiger partial charge in [-0.15, -0.1) is 35.3 Å². The summed E-state index contributed by atoms with van der Waals surface area (Å²) in [4.78, 5) is 9.12. The molecule has 0 unspecified atom stereocenters. The largest absolute Gasteiger partial charge is 0.497 e. The second-order valence-electron chi connectivity index (χ2n) is 5.46. The molecule has 1 heterocycles. The number of rotatable bonds is 8. The maximum atomic E-state index is 5.25. The maximum Gasteiger partial charge on any atom is 0.191 e. The molecule has 0 saturated carbocycles. The van der Waals surface area contributed by atoms with E-state index in [9.17, 15) is 0 Å². The highest BCUT2D eigenvalue weighted by Gasteiger charge is 2.01. The lowest BCUT2D eigenvalue weighted by Crippen LogP contribution is -2.37. The minimum atomic E-state index is 0. The molecule has 0 saturated heterocycles. The third-order valence-corrected chi connectivity index (χ3v) is 4.45. The van der Waals surface area contributed by atoms with Gasteiger partial charge < -0.3 is 15.4 Å². The Hall–Kier alpha value is -1.35. The zero-order valence-corrected chi connectivity index (χ0v) is 18.2. The molecule has 0 amide bonds. The Kier molecular flexibility index (Phi) is 10.5. The molecule has 0 aliphatic heterocycles. The lowest BCUT2D eigenvalue weighted by molar-refractivity contribution is 0.414. The second-order valence-corrected chi connectivity index (χ2v) is 6.40. The Morgan fingerprint density at radius 1 is 1.32 bits per heavy atom. The molecule has 2 N–H and O–H groups in total. The number of aromatic nitrogens is 1. The minimum Gasteiger partial charge on any atom is -0.497 e. The zero-order chi connectivity index (χ0) is 17.2. The van der Waals surface area contributed by atoms with Crippen LogP contribution in [-0.2, 0) is 13.0 Å². The monoisotopic (exact) mass is 474 g/mol. The Balaban J connectivity index is 0.00000312. The van der Waals surface area contributed by atoms with E-state index in [-0.39, 0.29) is 24.0 Å². The third kappa shape index (κ3) is 8.04. The molecule has 2 rings (SSSR count). The third-order valence-electron chi connectivity index (χ3n) is 3.42. The summed E-state index contributed by atoms with van der Waals surface area (Å²) in [5.74, 6) is 1.70. The molecular formula is C18H27IN4OS. The predicted octanol–water partition coefficient (Wildman–Crippen LogP) is 3.77. The Labute approximate surface area is 171 Å². The average Bonchev–Trinajstić information content (AvgIpc) is 3.02. The average molecular weight is 474 g/mol. The fourth-order valence-electron chi connectivity index (χ4n) is 2.25. The van der Waals surface area contributed by atoms with Crippen molar-refractivity contribution in [3.63, 3.8) is 0 Å². The standard InChI is InChI=1S/C18H26N4OS.HI/c1-4-19-18(20-10-6-9-17-22-14(2)13-24-17)21-12-15-7-5-8-16(11-15)23-3;/h5,7-8,11,13H,4,6,9-10,12H2,1-3H3,(H2,19,20,21);1H. The van der Waals surface area contributed by atoms with Gasteiger partial charge in [0.25, 0.3) is 0 Å². The van der Waals surface area contributed by atoms with Crippen LogP contribution in [0, 0.1) is 6.92 Å². The van der Waals surface area contributed by atoms with E-state index < -0.39 is 0 Å². The van der Waals surface area contributed by atoms with Crippen molar-refractivity contribution >= 4 is 41.3 Å². The molecule has 5 nitrogen and oxygen atoms in total. The smallest absolute Gasteiger partial charge is 0.191 e. The van der Waals surface area contributed by atoms with Gasteiger partial charge >= 0.3 is 0 Å². The first kappa shape index (κ1) is 21.7. The molecule has 25 heavy (non-hydrogen) atoms. The van der Waals surface area contributed by atoms with Crippen LogP contribution in [0.2, 0.25) is 0 Å². The molecule has 0 aliphatic rings. The van der Waals surface area contributed by atoms with E-state index in [0.717, 1.165) is 48.9 Å². The van der Waals surface area contributed by atoms with Gasteiger partial charge in [0.2, 0.25) is 0 Å². The van der Waals surface area contributed by atoms with Crippen molar-refractivity contribution in [2.75, 3.05) is 20.2 Å². The fraction of sp³-hybridized carbons (Fsp3) is 0.444. The molecule has 0 bridgehead atoms. The summed E-state index contributed by atoms with van der Waals surface area (Å²) in [6.45, 7) is 6.45. The number of hydrogen-bond donors (Lipinski definition) is 2. The summed E-state index contributed by atoms with van der Waals surface area (Å²) < 4.78 is 5.25. The van der Waals surface area contributed by atoms with E-state index in [1.165, 1.54) is 5.01 Å². The van der Waals surface area contributed by atoms with E-state index in [1.54, 1.807) is 18.4 Å². The molecule has 1 aromatic heterocycles. The number of methoxy groups -OCH3 is 1. The van der Waals surface area contributed by atoms with Crippen LogP contribution in [0.5, 0.6) is 5.75 Å². The van der Waals surface area contributed by atoms with E-state index in [1.807, 2.05) is 25.1 Å². The molecule has 0 radical (unpaired) electrons. The highest BCUT2D eigenvalue weighted by atomic mass is 127. The van der Waals surface area contributed by atoms with Crippen molar-refractivity contribution in [2.24, 2.45) is 4.99 Å². The maximum absolute atomic E-state index is 5.25. The number of guanidine groups is 1. The van der Waals surface area contributed by atoms with Gasteiger partial charge in [0.1, 0.15) is 5.75 Å². The van der Waals surface area contributed by atoms with Crippen LogP contribution in [0.15, 0.2) is 34.6 Å². The summed E-state index contributed by atoms with van der Waals surface area (Å²) in [6, 6.07) is 8.00. The number of ether oxygens (including phenoxy) is 1. The van der Waals surface area contributed by atoms with Crippen molar-refractivity contribution < 1.29 is 4.74 Å². The quantitative estimate of drug-likeness (QED) is 0.265. The predicted molar refractivity (Wildman–Crippen MR) is 116 cm³/mol. The van der Waals surface area contributed by atoms with E-state index in [0.29, 0.717) is 6.54 Å². The molecule has 0 fully saturated rings. The van der Waals surface area contributed by atoms with Crippen LogP contribution in [0.3, 0.4) is 0 Å². The summed E-state index contributed by atoms with van der Waals surface area (Å²) in [7, 11) is 1.68. The van der Waals surface area contributed by atoms with Gasteiger partial charge in [-0.3, -0.25) is 0 Å². The Morgan fingerprint density at radius 3 is 2.84 bits per heavy atom. The van der Waals surface area contributed by atoms with E-state index in [4.69, 9.17) is 4.74 Å². The van der Waals surface area contributed by atoms with Crippen molar-refractivity contribution in [3.8, 4) is 5.75 Å². The summed E-state index contributed by atoms with van der Waals surface area (Å²) in [5.41, 5.74) is 2.24. The summed E-state index contributed by atoms with van der Waals surface area (Å²) in [6.07, 6.45) is 2.04. The number of nitrogens with one attached hydrogen (secondary N) is 2.